The molecule has 0 aromatic heterocycles. The van der Waals surface area contributed by atoms with Gasteiger partial charge in [-0.25, -0.2) is 9.79 Å². The standard InChI is InChI=1S/C28H34Cl2N6O7/c29-21-13-18-15-35(7-5-23(40)17-2-1-3-19(39)12-17)6-4-20(18)25(30)24(21)26(41)34-22(27(42)43)14-32-28(33-16-31)36(8-10-37)9-11-38/h1-3,12-13,22-23,37-40H,4-11,14-15H2,(H,32,33)(H,34,41)(H,42,43)/t22-,23?/m0/s1. The molecule has 0 radical (unpaired) electrons. The smallest absolute Gasteiger partial charge is 0.328 e. The summed E-state index contributed by atoms with van der Waals surface area (Å²) in [4.78, 5) is 32.7. The Bertz CT molecular complexity index is 1360. The van der Waals surface area contributed by atoms with Crippen LogP contribution in [-0.2, 0) is 17.8 Å². The van der Waals surface area contributed by atoms with E-state index in [2.05, 4.69) is 20.5 Å². The van der Waals surface area contributed by atoms with Crippen molar-refractivity contribution in [3.05, 3.63) is 62.6 Å². The van der Waals surface area contributed by atoms with Gasteiger partial charge in [-0.3, -0.25) is 15.0 Å². The maximum atomic E-state index is 13.2. The molecule has 0 saturated carbocycles. The molecule has 13 nitrogen and oxygen atoms in total. The van der Waals surface area contributed by atoms with E-state index in [4.69, 9.17) is 28.5 Å². The van der Waals surface area contributed by atoms with Gasteiger partial charge in [0.15, 0.2) is 6.19 Å². The number of hydrogen-bond donors (Lipinski definition) is 7. The number of carbonyl (C=O) groups is 2. The van der Waals surface area contributed by atoms with Gasteiger partial charge < -0.3 is 35.7 Å². The van der Waals surface area contributed by atoms with Crippen LogP contribution in [0, 0.1) is 11.5 Å². The predicted molar refractivity (Wildman–Crippen MR) is 159 cm³/mol. The number of rotatable bonds is 13. The van der Waals surface area contributed by atoms with Crippen LogP contribution < -0.4 is 10.6 Å². The first-order chi connectivity index (χ1) is 20.6. The number of fused-ring (bicyclic) bond motifs is 1. The number of aliphatic imine (C=N–C) groups is 1. The molecule has 0 spiro atoms. The van der Waals surface area contributed by atoms with Crippen LogP contribution in [0.2, 0.25) is 10.0 Å². The molecule has 2 aromatic carbocycles. The summed E-state index contributed by atoms with van der Waals surface area (Å²) >= 11 is 13.1. The average molecular weight is 638 g/mol. The van der Waals surface area contributed by atoms with E-state index in [0.29, 0.717) is 38.0 Å². The van der Waals surface area contributed by atoms with Gasteiger partial charge >= 0.3 is 5.97 Å². The molecule has 2 aromatic rings. The molecule has 43 heavy (non-hydrogen) atoms. The lowest BCUT2D eigenvalue weighted by Crippen LogP contribution is -2.46. The van der Waals surface area contributed by atoms with Crippen molar-refractivity contribution in [1.29, 1.82) is 5.26 Å². The third kappa shape index (κ3) is 9.17. The zero-order valence-corrected chi connectivity index (χ0v) is 24.7. The number of aliphatic hydroxyl groups is 3. The van der Waals surface area contributed by atoms with Gasteiger partial charge in [0, 0.05) is 32.7 Å². The molecule has 1 aliphatic rings. The number of carboxylic acid groups (broad SMARTS) is 1. The van der Waals surface area contributed by atoms with Gasteiger partial charge in [-0.2, -0.15) is 5.26 Å². The summed E-state index contributed by atoms with van der Waals surface area (Å²) in [7, 11) is 0. The third-order valence-corrected chi connectivity index (χ3v) is 7.63. The van der Waals surface area contributed by atoms with Crippen LogP contribution in [0.4, 0.5) is 0 Å². The Hall–Kier alpha value is -3.64. The molecule has 15 heteroatoms. The second kappa shape index (κ2) is 16.3. The number of benzene rings is 2. The number of carboxylic acids is 1. The number of nitrogens with zero attached hydrogens (tertiary/aromatic N) is 4. The Balaban J connectivity index is 1.71. The lowest BCUT2D eigenvalue weighted by Gasteiger charge is -2.31. The van der Waals surface area contributed by atoms with Crippen LogP contribution in [0.1, 0.15) is 39.6 Å². The summed E-state index contributed by atoms with van der Waals surface area (Å²) in [6.45, 7) is 0.596. The molecule has 2 atom stereocenters. The number of nitrogens with one attached hydrogen (secondary N) is 2. The van der Waals surface area contributed by atoms with Crippen LogP contribution in [0.15, 0.2) is 35.3 Å². The molecule has 232 valence electrons. The normalized spacial score (nSPS) is 14.7. The summed E-state index contributed by atoms with van der Waals surface area (Å²) < 4.78 is 0. The Morgan fingerprint density at radius 1 is 1.19 bits per heavy atom. The van der Waals surface area contributed by atoms with Crippen molar-refractivity contribution in [3.8, 4) is 11.9 Å². The number of amides is 1. The first-order valence-electron chi connectivity index (χ1n) is 13.5. The topological polar surface area (TPSA) is 202 Å². The highest BCUT2D eigenvalue weighted by molar-refractivity contribution is 6.40. The largest absolute Gasteiger partial charge is 0.508 e. The van der Waals surface area contributed by atoms with Crippen molar-refractivity contribution in [1.82, 2.24) is 20.4 Å². The fraction of sp³-hybridized carbons (Fsp3) is 0.429. The molecule has 7 N–H and O–H groups in total. The highest BCUT2D eigenvalue weighted by Crippen LogP contribution is 2.35. The van der Waals surface area contributed by atoms with Gasteiger partial charge in [0.1, 0.15) is 11.8 Å². The maximum Gasteiger partial charge on any atom is 0.328 e. The Morgan fingerprint density at radius 3 is 2.53 bits per heavy atom. The molecule has 1 heterocycles. The van der Waals surface area contributed by atoms with Crippen molar-refractivity contribution >= 4 is 41.0 Å². The van der Waals surface area contributed by atoms with Gasteiger partial charge in [0.05, 0.1) is 41.5 Å². The van der Waals surface area contributed by atoms with Crippen LogP contribution in [0.3, 0.4) is 0 Å². The number of guanidine groups is 1. The number of phenols is 1. The number of phenolic OH excluding ortho intramolecular Hbond substituents is 1. The lowest BCUT2D eigenvalue weighted by molar-refractivity contribution is -0.138. The van der Waals surface area contributed by atoms with Crippen molar-refractivity contribution < 1.29 is 35.1 Å². The van der Waals surface area contributed by atoms with Gasteiger partial charge in [0.25, 0.3) is 5.91 Å². The molecule has 1 amide bonds. The zero-order chi connectivity index (χ0) is 31.5. The van der Waals surface area contributed by atoms with Crippen molar-refractivity contribution in [2.45, 2.75) is 31.5 Å². The quantitative estimate of drug-likeness (QED) is 0.0717. The summed E-state index contributed by atoms with van der Waals surface area (Å²) in [6, 6.07) is 6.59. The number of nitriles is 1. The van der Waals surface area contributed by atoms with Gasteiger partial charge in [-0.05, 0) is 47.7 Å². The van der Waals surface area contributed by atoms with Gasteiger partial charge in [0.2, 0.25) is 5.96 Å². The van der Waals surface area contributed by atoms with E-state index in [-0.39, 0.29) is 53.6 Å². The number of aliphatic hydroxyl groups excluding tert-OH is 3. The Morgan fingerprint density at radius 2 is 1.91 bits per heavy atom. The molecule has 0 aliphatic carbocycles. The van der Waals surface area contributed by atoms with Crippen LogP contribution in [0.5, 0.6) is 5.75 Å². The molecule has 1 unspecified atom stereocenters. The maximum absolute atomic E-state index is 13.2. The van der Waals surface area contributed by atoms with E-state index in [9.17, 15) is 35.1 Å². The highest BCUT2D eigenvalue weighted by Gasteiger charge is 2.28. The molecule has 3 rings (SSSR count). The van der Waals surface area contributed by atoms with E-state index in [1.807, 2.05) is 0 Å². The fourth-order valence-corrected chi connectivity index (χ4v) is 5.50. The van der Waals surface area contributed by atoms with E-state index < -0.39 is 30.6 Å². The minimum Gasteiger partial charge on any atom is -0.508 e. The minimum atomic E-state index is -1.51. The first-order valence-corrected chi connectivity index (χ1v) is 14.2. The van der Waals surface area contributed by atoms with Crippen molar-refractivity contribution in [3.63, 3.8) is 0 Å². The number of halogens is 2. The lowest BCUT2D eigenvalue weighted by atomic mass is 9.96. The van der Waals surface area contributed by atoms with E-state index >= 15 is 0 Å². The van der Waals surface area contributed by atoms with E-state index in [1.54, 1.807) is 24.4 Å². The zero-order valence-electron chi connectivity index (χ0n) is 23.2. The summed E-state index contributed by atoms with van der Waals surface area (Å²) in [5.74, 6) is -2.19. The van der Waals surface area contributed by atoms with Crippen LogP contribution >= 0.6 is 23.2 Å². The van der Waals surface area contributed by atoms with Gasteiger partial charge in [-0.15, -0.1) is 0 Å². The molecule has 0 bridgehead atoms. The SMILES string of the molecule is N#CNC(=NC[C@H](NC(=O)c1c(Cl)cc2c(c1Cl)CCN(CCC(O)c1cccc(O)c1)C2)C(=O)O)N(CCO)CCO. The number of hydrogen-bond acceptors (Lipinski definition) is 9. The monoisotopic (exact) mass is 636 g/mol. The van der Waals surface area contributed by atoms with Gasteiger partial charge in [-0.1, -0.05) is 35.3 Å². The third-order valence-electron chi connectivity index (χ3n) is 6.92. The summed E-state index contributed by atoms with van der Waals surface area (Å²) in [5, 5.41) is 62.3. The molecule has 0 saturated heterocycles. The molecular formula is C28H34Cl2N6O7. The van der Waals surface area contributed by atoms with Crippen LogP contribution in [0.25, 0.3) is 0 Å². The minimum absolute atomic E-state index is 0.0219. The number of aliphatic carboxylic acids is 1. The van der Waals surface area contributed by atoms with E-state index in [0.717, 1.165) is 11.1 Å². The summed E-state index contributed by atoms with van der Waals surface area (Å²) in [6.07, 6.45) is 1.85. The second-order valence-electron chi connectivity index (χ2n) is 9.81. The second-order valence-corrected chi connectivity index (χ2v) is 10.6. The van der Waals surface area contributed by atoms with Crippen molar-refractivity contribution in [2.75, 3.05) is 45.9 Å². The summed E-state index contributed by atoms with van der Waals surface area (Å²) in [5.41, 5.74) is 2.08. The number of aromatic hydroxyl groups is 1. The molecular weight excluding hydrogens is 603 g/mol. The Kier molecular flexibility index (Phi) is 12.8. The average Bonchev–Trinajstić information content (AvgIpc) is 2.96. The first kappa shape index (κ1) is 33.9. The fourth-order valence-electron chi connectivity index (χ4n) is 4.74. The Labute approximate surface area is 258 Å². The van der Waals surface area contributed by atoms with Crippen molar-refractivity contribution in [2.24, 2.45) is 4.99 Å². The number of carbonyl (C=O) groups excluding carboxylic acids is 1. The molecule has 1 aliphatic heterocycles. The van der Waals surface area contributed by atoms with Crippen LogP contribution in [-0.4, -0.2) is 105 Å². The molecule has 0 fully saturated rings. The predicted octanol–water partition coefficient (Wildman–Crippen LogP) is 1.08. The highest BCUT2D eigenvalue weighted by atomic mass is 35.5. The van der Waals surface area contributed by atoms with E-state index in [1.165, 1.54) is 17.0 Å².